The highest BCUT2D eigenvalue weighted by molar-refractivity contribution is 5.99. The molecule has 0 unspecified atom stereocenters. The van der Waals surface area contributed by atoms with Crippen LogP contribution in [0.2, 0.25) is 0 Å². The molecule has 0 N–H and O–H groups in total. The minimum atomic E-state index is 0.0434. The molecule has 0 saturated carbocycles. The molecule has 24 heavy (non-hydrogen) atoms. The first-order valence-electron chi connectivity index (χ1n) is 8.43. The van der Waals surface area contributed by atoms with E-state index < -0.39 is 0 Å². The lowest BCUT2D eigenvalue weighted by Gasteiger charge is -2.31. The summed E-state index contributed by atoms with van der Waals surface area (Å²) in [4.78, 5) is 19.0. The first-order valence-corrected chi connectivity index (χ1v) is 8.43. The molecule has 1 fully saturated rings. The van der Waals surface area contributed by atoms with Gasteiger partial charge in [0.2, 0.25) is 0 Å². The van der Waals surface area contributed by atoms with Gasteiger partial charge in [0.1, 0.15) is 5.56 Å². The van der Waals surface area contributed by atoms with Crippen molar-refractivity contribution in [2.24, 2.45) is 5.92 Å². The molecule has 0 radical (unpaired) electrons. The van der Waals surface area contributed by atoms with Gasteiger partial charge in [-0.25, -0.2) is 9.50 Å². The molecule has 1 saturated heterocycles. The van der Waals surface area contributed by atoms with Gasteiger partial charge in [-0.15, -0.1) is 0 Å². The fourth-order valence-electron chi connectivity index (χ4n) is 3.44. The molecule has 1 amide bonds. The molecule has 122 valence electrons. The number of hydrogen-bond acceptors (Lipinski definition) is 3. The monoisotopic (exact) mass is 320 g/mol. The van der Waals surface area contributed by atoms with E-state index in [1.165, 1.54) is 5.56 Å². The van der Waals surface area contributed by atoms with E-state index in [0.29, 0.717) is 17.1 Å². The summed E-state index contributed by atoms with van der Waals surface area (Å²) >= 11 is 0. The van der Waals surface area contributed by atoms with Gasteiger partial charge >= 0.3 is 0 Å². The number of rotatable bonds is 3. The van der Waals surface area contributed by atoms with Crippen LogP contribution in [0.1, 0.15) is 28.8 Å². The van der Waals surface area contributed by atoms with Crippen LogP contribution in [0.4, 0.5) is 0 Å². The van der Waals surface area contributed by atoms with E-state index in [2.05, 4.69) is 40.4 Å². The van der Waals surface area contributed by atoms with Gasteiger partial charge in [0.05, 0.1) is 6.20 Å². The highest BCUT2D eigenvalue weighted by Crippen LogP contribution is 2.23. The van der Waals surface area contributed by atoms with Gasteiger partial charge < -0.3 is 4.90 Å². The zero-order valence-electron chi connectivity index (χ0n) is 13.5. The smallest absolute Gasteiger partial charge is 0.259 e. The molecule has 5 heteroatoms. The Kier molecular flexibility index (Phi) is 3.99. The van der Waals surface area contributed by atoms with Crippen LogP contribution >= 0.6 is 0 Å². The highest BCUT2D eigenvalue weighted by atomic mass is 16.2. The summed E-state index contributed by atoms with van der Waals surface area (Å²) in [5, 5.41) is 4.21. The number of hydrogen-bond donors (Lipinski definition) is 0. The van der Waals surface area contributed by atoms with E-state index in [1.54, 1.807) is 16.9 Å². The Labute approximate surface area is 140 Å². The van der Waals surface area contributed by atoms with Crippen molar-refractivity contribution >= 4 is 11.6 Å². The standard InChI is InChI=1S/C19H20N4O/c24-19(17-14-21-23-10-4-9-20-18(17)23)22-11-7-16(8-12-22)13-15-5-2-1-3-6-15/h1-6,9-10,14,16H,7-8,11-13H2. The number of aromatic nitrogens is 3. The minimum Gasteiger partial charge on any atom is -0.338 e. The van der Waals surface area contributed by atoms with Crippen molar-refractivity contribution in [3.63, 3.8) is 0 Å². The van der Waals surface area contributed by atoms with Crippen LogP contribution in [0, 0.1) is 5.92 Å². The van der Waals surface area contributed by atoms with E-state index in [0.717, 1.165) is 32.4 Å². The summed E-state index contributed by atoms with van der Waals surface area (Å²) in [5.41, 5.74) is 2.61. The summed E-state index contributed by atoms with van der Waals surface area (Å²) in [6.07, 6.45) is 8.33. The number of piperidine rings is 1. The largest absolute Gasteiger partial charge is 0.338 e. The molecule has 1 aliphatic rings. The first kappa shape index (κ1) is 14.9. The molecular weight excluding hydrogens is 300 g/mol. The third kappa shape index (κ3) is 2.89. The lowest BCUT2D eigenvalue weighted by Crippen LogP contribution is -2.38. The van der Waals surface area contributed by atoms with E-state index in [9.17, 15) is 4.79 Å². The van der Waals surface area contributed by atoms with Crippen molar-refractivity contribution in [3.05, 3.63) is 66.1 Å². The minimum absolute atomic E-state index is 0.0434. The van der Waals surface area contributed by atoms with Gasteiger partial charge in [0.25, 0.3) is 5.91 Å². The van der Waals surface area contributed by atoms with Crippen LogP contribution in [-0.2, 0) is 6.42 Å². The van der Waals surface area contributed by atoms with Gasteiger partial charge in [-0.05, 0) is 36.8 Å². The predicted octanol–water partition coefficient (Wildman–Crippen LogP) is 2.82. The van der Waals surface area contributed by atoms with E-state index in [4.69, 9.17) is 0 Å². The van der Waals surface area contributed by atoms with Gasteiger partial charge in [0.15, 0.2) is 5.65 Å². The molecular formula is C19H20N4O. The molecule has 0 aliphatic carbocycles. The molecule has 1 aromatic carbocycles. The van der Waals surface area contributed by atoms with E-state index in [-0.39, 0.29) is 5.91 Å². The number of likely N-dealkylation sites (tertiary alicyclic amines) is 1. The number of fused-ring (bicyclic) bond motifs is 1. The Balaban J connectivity index is 1.41. The van der Waals surface area contributed by atoms with Crippen molar-refractivity contribution in [2.45, 2.75) is 19.3 Å². The Bertz CT molecular complexity index is 835. The van der Waals surface area contributed by atoms with Gasteiger partial charge in [-0.2, -0.15) is 5.10 Å². The third-order valence-electron chi connectivity index (χ3n) is 4.78. The molecule has 0 atom stereocenters. The summed E-state index contributed by atoms with van der Waals surface area (Å²) in [6, 6.07) is 12.4. The topological polar surface area (TPSA) is 50.5 Å². The van der Waals surface area contributed by atoms with Crippen LogP contribution in [0.5, 0.6) is 0 Å². The fourth-order valence-corrected chi connectivity index (χ4v) is 3.44. The van der Waals surface area contributed by atoms with Gasteiger partial charge in [0, 0.05) is 25.5 Å². The quantitative estimate of drug-likeness (QED) is 0.745. The Hall–Kier alpha value is -2.69. The second-order valence-electron chi connectivity index (χ2n) is 6.37. The molecule has 3 heterocycles. The summed E-state index contributed by atoms with van der Waals surface area (Å²) in [6.45, 7) is 1.61. The maximum atomic E-state index is 12.8. The third-order valence-corrected chi connectivity index (χ3v) is 4.78. The van der Waals surface area contributed by atoms with Gasteiger partial charge in [-0.3, -0.25) is 4.79 Å². The lowest BCUT2D eigenvalue weighted by molar-refractivity contribution is 0.0692. The van der Waals surface area contributed by atoms with Crippen LogP contribution in [-0.4, -0.2) is 38.5 Å². The Morgan fingerprint density at radius 1 is 1.12 bits per heavy atom. The van der Waals surface area contributed by atoms with E-state index >= 15 is 0 Å². The normalized spacial score (nSPS) is 15.8. The molecule has 4 rings (SSSR count). The number of carbonyl (C=O) groups is 1. The van der Waals surface area contributed by atoms with Crippen LogP contribution in [0.25, 0.3) is 5.65 Å². The van der Waals surface area contributed by atoms with Crippen molar-refractivity contribution in [1.82, 2.24) is 19.5 Å². The molecule has 3 aromatic rings. The lowest BCUT2D eigenvalue weighted by atomic mass is 9.90. The summed E-state index contributed by atoms with van der Waals surface area (Å²) < 4.78 is 1.65. The first-order chi connectivity index (χ1) is 11.8. The SMILES string of the molecule is O=C(c1cnn2cccnc12)N1CCC(Cc2ccccc2)CC1. The fraction of sp³-hybridized carbons (Fsp3) is 0.316. The average molecular weight is 320 g/mol. The number of nitrogens with zero attached hydrogens (tertiary/aromatic N) is 4. The van der Waals surface area contributed by atoms with Gasteiger partial charge in [-0.1, -0.05) is 30.3 Å². The average Bonchev–Trinajstić information content (AvgIpc) is 3.07. The number of benzene rings is 1. The van der Waals surface area contributed by atoms with Crippen molar-refractivity contribution < 1.29 is 4.79 Å². The molecule has 1 aliphatic heterocycles. The van der Waals surface area contributed by atoms with Crippen molar-refractivity contribution in [1.29, 1.82) is 0 Å². The Morgan fingerprint density at radius 2 is 1.92 bits per heavy atom. The maximum absolute atomic E-state index is 12.8. The maximum Gasteiger partial charge on any atom is 0.259 e. The molecule has 2 aromatic heterocycles. The van der Waals surface area contributed by atoms with Crippen LogP contribution in [0.3, 0.4) is 0 Å². The predicted molar refractivity (Wildman–Crippen MR) is 91.8 cm³/mol. The van der Waals surface area contributed by atoms with Crippen molar-refractivity contribution in [2.75, 3.05) is 13.1 Å². The van der Waals surface area contributed by atoms with Crippen molar-refractivity contribution in [3.8, 4) is 0 Å². The van der Waals surface area contributed by atoms with E-state index in [1.807, 2.05) is 17.2 Å². The summed E-state index contributed by atoms with van der Waals surface area (Å²) in [5.74, 6) is 0.695. The Morgan fingerprint density at radius 3 is 2.71 bits per heavy atom. The second kappa shape index (κ2) is 6.43. The highest BCUT2D eigenvalue weighted by Gasteiger charge is 2.26. The van der Waals surface area contributed by atoms with Crippen LogP contribution in [0.15, 0.2) is 55.0 Å². The number of amides is 1. The zero-order chi connectivity index (χ0) is 16.4. The molecule has 0 spiro atoms. The molecule has 5 nitrogen and oxygen atoms in total. The number of carbonyl (C=O) groups excluding carboxylic acids is 1. The summed E-state index contributed by atoms with van der Waals surface area (Å²) in [7, 11) is 0. The zero-order valence-corrected chi connectivity index (χ0v) is 13.5. The second-order valence-corrected chi connectivity index (χ2v) is 6.37. The van der Waals surface area contributed by atoms with Crippen LogP contribution < -0.4 is 0 Å². The molecule has 0 bridgehead atoms.